The van der Waals surface area contributed by atoms with Gasteiger partial charge in [0, 0.05) is 0 Å². The monoisotopic (exact) mass is 354 g/mol. The Morgan fingerprint density at radius 2 is 1.52 bits per heavy atom. The second-order valence-electron chi connectivity index (χ2n) is 6.93. The fourth-order valence-electron chi connectivity index (χ4n) is 2.88. The molecule has 0 spiro atoms. The first kappa shape index (κ1) is 19.7. The molecule has 25 heavy (non-hydrogen) atoms. The van der Waals surface area contributed by atoms with Crippen molar-refractivity contribution >= 4 is 5.97 Å². The van der Waals surface area contributed by atoms with Crippen molar-refractivity contribution in [2.45, 2.75) is 70.2 Å². The van der Waals surface area contributed by atoms with E-state index < -0.39 is 36.7 Å². The third-order valence-corrected chi connectivity index (χ3v) is 4.37. The summed E-state index contributed by atoms with van der Waals surface area (Å²) in [7, 11) is 0. The van der Waals surface area contributed by atoms with Crippen molar-refractivity contribution in [3.05, 3.63) is 29.3 Å². The van der Waals surface area contributed by atoms with Crippen molar-refractivity contribution < 1.29 is 34.7 Å². The summed E-state index contributed by atoms with van der Waals surface area (Å²) in [6, 6.07) is 5.69. The lowest BCUT2D eigenvalue weighted by Crippen LogP contribution is -2.61. The van der Waals surface area contributed by atoms with Gasteiger partial charge < -0.3 is 29.9 Å². The van der Waals surface area contributed by atoms with Crippen molar-refractivity contribution in [1.82, 2.24) is 0 Å². The van der Waals surface area contributed by atoms with Gasteiger partial charge in [0.15, 0.2) is 6.10 Å². The number of rotatable bonds is 5. The van der Waals surface area contributed by atoms with E-state index in [1.807, 2.05) is 45.9 Å². The van der Waals surface area contributed by atoms with Crippen LogP contribution in [0.4, 0.5) is 0 Å². The number of hydrogen-bond donors (Lipinski definition) is 4. The summed E-state index contributed by atoms with van der Waals surface area (Å²) in [5, 5.41) is 39.0. The molecular weight excluding hydrogens is 328 g/mol. The van der Waals surface area contributed by atoms with Gasteiger partial charge in [-0.15, -0.1) is 0 Å². The Morgan fingerprint density at radius 1 is 1.00 bits per heavy atom. The number of carboxylic acid groups (broad SMARTS) is 1. The molecule has 140 valence electrons. The average Bonchev–Trinajstić information content (AvgIpc) is 2.54. The SMILES string of the molecule is CC(C)c1cccc(C(C)C)c1O[C@@H]1O[C@H](C(=O)O)[C@@H](O)[C@H](O)[C@H]1O. The summed E-state index contributed by atoms with van der Waals surface area (Å²) in [5.74, 6) is -0.682. The van der Waals surface area contributed by atoms with Crippen LogP contribution in [0.2, 0.25) is 0 Å². The molecule has 1 aliphatic rings. The second-order valence-corrected chi connectivity index (χ2v) is 6.93. The number of para-hydroxylation sites is 1. The standard InChI is InChI=1S/C18H26O7/c1-8(2)10-6-5-7-11(9(3)4)15(10)24-18-14(21)12(19)13(20)16(25-18)17(22)23/h5-9,12-14,16,18-21H,1-4H3,(H,22,23)/t12-,13-,14+,16-,18+/m0/s1. The lowest BCUT2D eigenvalue weighted by atomic mass is 9.93. The molecule has 0 unspecified atom stereocenters. The van der Waals surface area contributed by atoms with E-state index in [0.717, 1.165) is 11.1 Å². The first-order valence-corrected chi connectivity index (χ1v) is 8.37. The molecule has 5 atom stereocenters. The molecule has 7 nitrogen and oxygen atoms in total. The number of benzene rings is 1. The Labute approximate surface area is 146 Å². The quantitative estimate of drug-likeness (QED) is 0.628. The first-order chi connectivity index (χ1) is 11.6. The minimum atomic E-state index is -1.74. The molecule has 0 saturated carbocycles. The van der Waals surface area contributed by atoms with Crippen LogP contribution in [0.25, 0.3) is 0 Å². The number of ether oxygens (including phenoxy) is 2. The zero-order valence-corrected chi connectivity index (χ0v) is 14.8. The zero-order valence-electron chi connectivity index (χ0n) is 14.8. The largest absolute Gasteiger partial charge is 0.479 e. The molecule has 4 N–H and O–H groups in total. The van der Waals surface area contributed by atoms with Crippen LogP contribution in [0, 0.1) is 0 Å². The molecule has 0 aliphatic carbocycles. The number of aliphatic carboxylic acids is 1. The van der Waals surface area contributed by atoms with E-state index in [0.29, 0.717) is 5.75 Å². The molecule has 1 aromatic rings. The molecular formula is C18H26O7. The van der Waals surface area contributed by atoms with Crippen LogP contribution >= 0.6 is 0 Å². The number of aliphatic hydroxyl groups excluding tert-OH is 3. The van der Waals surface area contributed by atoms with Crippen molar-refractivity contribution in [2.75, 3.05) is 0 Å². The fourth-order valence-corrected chi connectivity index (χ4v) is 2.88. The van der Waals surface area contributed by atoms with Crippen LogP contribution in [0.3, 0.4) is 0 Å². The van der Waals surface area contributed by atoms with Gasteiger partial charge in [0.1, 0.15) is 24.1 Å². The molecule has 0 amide bonds. The van der Waals surface area contributed by atoms with E-state index in [2.05, 4.69) is 0 Å². The highest BCUT2D eigenvalue weighted by atomic mass is 16.7. The Bertz CT molecular complexity index is 587. The van der Waals surface area contributed by atoms with Gasteiger partial charge in [-0.25, -0.2) is 4.79 Å². The van der Waals surface area contributed by atoms with Gasteiger partial charge in [-0.1, -0.05) is 45.9 Å². The van der Waals surface area contributed by atoms with Gasteiger partial charge in [-0.3, -0.25) is 0 Å². The van der Waals surface area contributed by atoms with Crippen LogP contribution in [0.15, 0.2) is 18.2 Å². The smallest absolute Gasteiger partial charge is 0.335 e. The maximum atomic E-state index is 11.2. The summed E-state index contributed by atoms with van der Waals surface area (Å²) in [6.45, 7) is 7.96. The minimum absolute atomic E-state index is 0.125. The third-order valence-electron chi connectivity index (χ3n) is 4.37. The average molecular weight is 354 g/mol. The molecule has 0 radical (unpaired) electrons. The van der Waals surface area contributed by atoms with E-state index in [1.54, 1.807) is 0 Å². The molecule has 0 bridgehead atoms. The number of carbonyl (C=O) groups is 1. The predicted octanol–water partition coefficient (Wildman–Crippen LogP) is 1.20. The molecule has 1 fully saturated rings. The highest BCUT2D eigenvalue weighted by Crippen LogP contribution is 2.36. The topological polar surface area (TPSA) is 116 Å². The van der Waals surface area contributed by atoms with Crippen LogP contribution in [0.5, 0.6) is 5.75 Å². The highest BCUT2D eigenvalue weighted by molar-refractivity contribution is 5.73. The van der Waals surface area contributed by atoms with Gasteiger partial charge in [0.2, 0.25) is 6.29 Å². The molecule has 1 heterocycles. The minimum Gasteiger partial charge on any atom is -0.479 e. The van der Waals surface area contributed by atoms with Crippen LogP contribution in [-0.2, 0) is 9.53 Å². The Morgan fingerprint density at radius 3 is 1.96 bits per heavy atom. The molecule has 2 rings (SSSR count). The van der Waals surface area contributed by atoms with Crippen LogP contribution in [0.1, 0.15) is 50.7 Å². The molecule has 7 heteroatoms. The highest BCUT2D eigenvalue weighted by Gasteiger charge is 2.48. The summed E-state index contributed by atoms with van der Waals surface area (Å²) in [5.41, 5.74) is 1.77. The van der Waals surface area contributed by atoms with Gasteiger partial charge in [-0.2, -0.15) is 0 Å². The molecule has 1 aliphatic heterocycles. The van der Waals surface area contributed by atoms with Crippen molar-refractivity contribution in [1.29, 1.82) is 0 Å². The van der Waals surface area contributed by atoms with Gasteiger partial charge in [-0.05, 0) is 23.0 Å². The maximum Gasteiger partial charge on any atom is 0.335 e. The molecule has 1 saturated heterocycles. The Balaban J connectivity index is 2.39. The normalized spacial score (nSPS) is 29.9. The number of carboxylic acids is 1. The molecule has 0 aromatic heterocycles. The fraction of sp³-hybridized carbons (Fsp3) is 0.611. The number of hydrogen-bond acceptors (Lipinski definition) is 6. The summed E-state index contributed by atoms with van der Waals surface area (Å²) < 4.78 is 11.1. The lowest BCUT2D eigenvalue weighted by Gasteiger charge is -2.39. The predicted molar refractivity (Wildman–Crippen MR) is 89.6 cm³/mol. The van der Waals surface area contributed by atoms with Gasteiger partial charge in [0.25, 0.3) is 0 Å². The number of aliphatic hydroxyl groups is 3. The van der Waals surface area contributed by atoms with Gasteiger partial charge >= 0.3 is 5.97 Å². The lowest BCUT2D eigenvalue weighted by molar-refractivity contribution is -0.271. The van der Waals surface area contributed by atoms with Gasteiger partial charge in [0.05, 0.1) is 0 Å². The summed E-state index contributed by atoms with van der Waals surface area (Å²) in [4.78, 5) is 11.2. The van der Waals surface area contributed by atoms with Crippen molar-refractivity contribution in [3.63, 3.8) is 0 Å². The summed E-state index contributed by atoms with van der Waals surface area (Å²) >= 11 is 0. The van der Waals surface area contributed by atoms with E-state index >= 15 is 0 Å². The maximum absolute atomic E-state index is 11.2. The third kappa shape index (κ3) is 3.95. The van der Waals surface area contributed by atoms with Crippen molar-refractivity contribution in [2.24, 2.45) is 0 Å². The molecule has 1 aromatic carbocycles. The van der Waals surface area contributed by atoms with E-state index in [-0.39, 0.29) is 11.8 Å². The second kappa shape index (κ2) is 7.70. The van der Waals surface area contributed by atoms with Crippen LogP contribution < -0.4 is 4.74 Å². The van der Waals surface area contributed by atoms with Crippen molar-refractivity contribution in [3.8, 4) is 5.75 Å². The van der Waals surface area contributed by atoms with E-state index in [4.69, 9.17) is 14.6 Å². The van der Waals surface area contributed by atoms with E-state index in [9.17, 15) is 20.1 Å². The first-order valence-electron chi connectivity index (χ1n) is 8.37. The Kier molecular flexibility index (Phi) is 6.05. The van der Waals surface area contributed by atoms with Crippen LogP contribution in [-0.4, -0.2) is 57.1 Å². The zero-order chi connectivity index (χ0) is 18.9. The Hall–Kier alpha value is -1.67. The van der Waals surface area contributed by atoms with E-state index in [1.165, 1.54) is 0 Å². The summed E-state index contributed by atoms with van der Waals surface area (Å²) in [6.07, 6.45) is -8.09.